The molecule has 2 fully saturated rings. The Kier molecular flexibility index (Phi) is 0.883. The predicted molar refractivity (Wildman–Crippen MR) is 40.6 cm³/mol. The zero-order valence-corrected chi connectivity index (χ0v) is 6.09. The minimum atomic E-state index is 0.949. The fraction of sp³-hybridized carbons (Fsp3) is 0.778. The lowest BCUT2D eigenvalue weighted by Gasteiger charge is -2.17. The molecule has 1 heteroatoms. The molecule has 1 aliphatic heterocycles. The van der Waals surface area contributed by atoms with Crippen LogP contribution in [-0.4, -0.2) is 13.1 Å². The van der Waals surface area contributed by atoms with Gasteiger partial charge in [0.05, 0.1) is 0 Å². The normalized spacial score (nSPS) is 56.0. The maximum Gasteiger partial charge on any atom is -0.00114 e. The first-order valence-corrected chi connectivity index (χ1v) is 4.34. The van der Waals surface area contributed by atoms with Crippen LogP contribution in [0.3, 0.4) is 0 Å². The number of fused-ring (bicyclic) bond motifs is 5. The summed E-state index contributed by atoms with van der Waals surface area (Å²) in [6.45, 7) is 2.58. The average molecular weight is 135 g/mol. The van der Waals surface area contributed by atoms with Gasteiger partial charge in [0.2, 0.25) is 0 Å². The summed E-state index contributed by atoms with van der Waals surface area (Å²) >= 11 is 0. The minimum Gasteiger partial charge on any atom is -0.316 e. The van der Waals surface area contributed by atoms with Crippen molar-refractivity contribution in [2.75, 3.05) is 13.1 Å². The highest BCUT2D eigenvalue weighted by Gasteiger charge is 2.46. The maximum atomic E-state index is 3.49. The smallest absolute Gasteiger partial charge is 0.00114 e. The number of hydrogen-bond acceptors (Lipinski definition) is 1. The van der Waals surface area contributed by atoms with E-state index in [4.69, 9.17) is 0 Å². The SMILES string of the molecule is C1=C[C@H]2C[C@H]1[C@@H]1CNC[C@@H]12. The topological polar surface area (TPSA) is 12.0 Å². The highest BCUT2D eigenvalue weighted by molar-refractivity contribution is 5.15. The molecule has 1 heterocycles. The highest BCUT2D eigenvalue weighted by Crippen LogP contribution is 2.49. The molecule has 4 atom stereocenters. The summed E-state index contributed by atoms with van der Waals surface area (Å²) in [6.07, 6.45) is 6.36. The molecule has 0 aromatic heterocycles. The van der Waals surface area contributed by atoms with Gasteiger partial charge in [0.1, 0.15) is 0 Å². The summed E-state index contributed by atoms with van der Waals surface area (Å²) < 4.78 is 0. The van der Waals surface area contributed by atoms with E-state index in [2.05, 4.69) is 17.5 Å². The predicted octanol–water partition coefficient (Wildman–Crippen LogP) is 1.03. The van der Waals surface area contributed by atoms with Crippen molar-refractivity contribution < 1.29 is 0 Å². The van der Waals surface area contributed by atoms with Gasteiger partial charge < -0.3 is 5.32 Å². The molecule has 0 aromatic carbocycles. The molecule has 1 saturated carbocycles. The van der Waals surface area contributed by atoms with Crippen LogP contribution in [0.2, 0.25) is 0 Å². The van der Waals surface area contributed by atoms with Gasteiger partial charge in [-0.1, -0.05) is 12.2 Å². The zero-order chi connectivity index (χ0) is 6.55. The number of rotatable bonds is 0. The van der Waals surface area contributed by atoms with E-state index in [0.717, 1.165) is 23.7 Å². The molecule has 0 amide bonds. The molecule has 1 saturated heterocycles. The van der Waals surface area contributed by atoms with Gasteiger partial charge in [-0.2, -0.15) is 0 Å². The van der Waals surface area contributed by atoms with Gasteiger partial charge in [0, 0.05) is 0 Å². The van der Waals surface area contributed by atoms with Gasteiger partial charge in [0.15, 0.2) is 0 Å². The van der Waals surface area contributed by atoms with Crippen LogP contribution in [0.4, 0.5) is 0 Å². The quantitative estimate of drug-likeness (QED) is 0.489. The van der Waals surface area contributed by atoms with Crippen LogP contribution >= 0.6 is 0 Å². The van der Waals surface area contributed by atoms with E-state index in [-0.39, 0.29) is 0 Å². The van der Waals surface area contributed by atoms with E-state index < -0.39 is 0 Å². The van der Waals surface area contributed by atoms with Crippen molar-refractivity contribution in [3.05, 3.63) is 12.2 Å². The highest BCUT2D eigenvalue weighted by atomic mass is 14.9. The van der Waals surface area contributed by atoms with Crippen molar-refractivity contribution in [1.82, 2.24) is 5.32 Å². The van der Waals surface area contributed by atoms with Gasteiger partial charge in [0.25, 0.3) is 0 Å². The molecule has 0 aromatic rings. The second-order valence-corrected chi connectivity index (χ2v) is 3.93. The van der Waals surface area contributed by atoms with Crippen molar-refractivity contribution in [1.29, 1.82) is 0 Å². The van der Waals surface area contributed by atoms with Crippen LogP contribution < -0.4 is 5.32 Å². The Labute approximate surface area is 61.5 Å². The third-order valence-corrected chi connectivity index (χ3v) is 3.56. The van der Waals surface area contributed by atoms with Crippen LogP contribution in [0.5, 0.6) is 0 Å². The summed E-state index contributed by atoms with van der Waals surface area (Å²) in [5.74, 6) is 3.92. The van der Waals surface area contributed by atoms with E-state index in [0.29, 0.717) is 0 Å². The van der Waals surface area contributed by atoms with Gasteiger partial charge in [-0.15, -0.1) is 0 Å². The van der Waals surface area contributed by atoms with Crippen molar-refractivity contribution in [2.24, 2.45) is 23.7 Å². The third kappa shape index (κ3) is 0.485. The van der Waals surface area contributed by atoms with Crippen LogP contribution in [-0.2, 0) is 0 Å². The molecular formula is C9H13N. The van der Waals surface area contributed by atoms with E-state index >= 15 is 0 Å². The average Bonchev–Trinajstić information content (AvgIpc) is 2.60. The van der Waals surface area contributed by atoms with Crippen molar-refractivity contribution in [2.45, 2.75) is 6.42 Å². The van der Waals surface area contributed by atoms with E-state index in [1.807, 2.05) is 0 Å². The first-order chi connectivity index (χ1) is 4.95. The summed E-state index contributed by atoms with van der Waals surface area (Å²) in [6, 6.07) is 0. The van der Waals surface area contributed by atoms with Gasteiger partial charge in [-0.05, 0) is 43.2 Å². The molecule has 0 spiro atoms. The molecule has 1 nitrogen and oxygen atoms in total. The molecule has 54 valence electrons. The molecule has 3 aliphatic rings. The van der Waals surface area contributed by atoms with Gasteiger partial charge in [-0.25, -0.2) is 0 Å². The molecular weight excluding hydrogens is 122 g/mol. The molecule has 2 aliphatic carbocycles. The second-order valence-electron chi connectivity index (χ2n) is 3.93. The molecule has 0 unspecified atom stereocenters. The summed E-state index contributed by atoms with van der Waals surface area (Å²) in [7, 11) is 0. The number of nitrogens with one attached hydrogen (secondary N) is 1. The zero-order valence-electron chi connectivity index (χ0n) is 6.09. The Bertz CT molecular complexity index is 167. The Hall–Kier alpha value is -0.300. The van der Waals surface area contributed by atoms with E-state index in [9.17, 15) is 0 Å². The molecule has 1 N–H and O–H groups in total. The second kappa shape index (κ2) is 1.65. The molecule has 10 heavy (non-hydrogen) atoms. The lowest BCUT2D eigenvalue weighted by Crippen LogP contribution is -2.16. The summed E-state index contributed by atoms with van der Waals surface area (Å²) in [5, 5.41) is 3.49. The number of allylic oxidation sites excluding steroid dienone is 2. The molecule has 0 radical (unpaired) electrons. The van der Waals surface area contributed by atoms with Crippen molar-refractivity contribution in [3.63, 3.8) is 0 Å². The molecule has 3 rings (SSSR count). The maximum absolute atomic E-state index is 3.49. The lowest BCUT2D eigenvalue weighted by atomic mass is 9.86. The van der Waals surface area contributed by atoms with Crippen molar-refractivity contribution in [3.8, 4) is 0 Å². The Morgan fingerprint density at radius 1 is 1.00 bits per heavy atom. The number of hydrogen-bond donors (Lipinski definition) is 1. The van der Waals surface area contributed by atoms with Gasteiger partial charge in [-0.3, -0.25) is 0 Å². The first kappa shape index (κ1) is 5.36. The fourth-order valence-electron chi connectivity index (χ4n) is 3.05. The summed E-state index contributed by atoms with van der Waals surface area (Å²) in [5.41, 5.74) is 0. The Morgan fingerprint density at radius 2 is 1.60 bits per heavy atom. The van der Waals surface area contributed by atoms with Crippen LogP contribution in [0, 0.1) is 23.7 Å². The lowest BCUT2D eigenvalue weighted by molar-refractivity contribution is 0.395. The standard InChI is InChI=1S/C9H13N/c1-2-7-3-6(1)8-4-10-5-9(7)8/h1-2,6-10H,3-5H2/t6-,7-,8-,9+/m0/s1. The third-order valence-electron chi connectivity index (χ3n) is 3.56. The van der Waals surface area contributed by atoms with Crippen LogP contribution in [0.1, 0.15) is 6.42 Å². The Morgan fingerprint density at radius 3 is 2.20 bits per heavy atom. The van der Waals surface area contributed by atoms with Crippen molar-refractivity contribution >= 4 is 0 Å². The molecule has 2 bridgehead atoms. The largest absolute Gasteiger partial charge is 0.316 e. The van der Waals surface area contributed by atoms with Crippen LogP contribution in [0.25, 0.3) is 0 Å². The van der Waals surface area contributed by atoms with E-state index in [1.165, 1.54) is 19.5 Å². The minimum absolute atomic E-state index is 0.949. The summed E-state index contributed by atoms with van der Waals surface area (Å²) in [4.78, 5) is 0. The van der Waals surface area contributed by atoms with E-state index in [1.54, 1.807) is 0 Å². The van der Waals surface area contributed by atoms with Crippen LogP contribution in [0.15, 0.2) is 12.2 Å². The monoisotopic (exact) mass is 135 g/mol. The van der Waals surface area contributed by atoms with Gasteiger partial charge >= 0.3 is 0 Å². The Balaban J connectivity index is 1.99. The first-order valence-electron chi connectivity index (χ1n) is 4.34. The fourth-order valence-corrected chi connectivity index (χ4v) is 3.05.